The second-order valence-corrected chi connectivity index (χ2v) is 7.78. The predicted octanol–water partition coefficient (Wildman–Crippen LogP) is -2.07. The molecule has 5 atom stereocenters. The summed E-state index contributed by atoms with van der Waals surface area (Å²) < 4.78 is 0. The molecule has 0 bridgehead atoms. The first-order chi connectivity index (χ1) is 13.3. The van der Waals surface area contributed by atoms with Crippen LogP contribution in [0.4, 0.5) is 0 Å². The van der Waals surface area contributed by atoms with Crippen LogP contribution in [-0.4, -0.2) is 75.9 Å². The van der Waals surface area contributed by atoms with E-state index in [9.17, 15) is 34.5 Å². The molecule has 0 saturated heterocycles. The van der Waals surface area contributed by atoms with Crippen LogP contribution in [0, 0.1) is 11.8 Å². The number of carboxylic acids is 1. The van der Waals surface area contributed by atoms with E-state index in [-0.39, 0.29) is 5.92 Å². The number of carbonyl (C=O) groups excluding carboxylic acids is 3. The van der Waals surface area contributed by atoms with Crippen molar-refractivity contribution in [3.05, 3.63) is 0 Å². The molecule has 168 valence electrons. The fourth-order valence-corrected chi connectivity index (χ4v) is 2.50. The maximum absolute atomic E-state index is 12.4. The highest BCUT2D eigenvalue weighted by Crippen LogP contribution is 2.05. The van der Waals surface area contributed by atoms with Crippen molar-refractivity contribution in [3.8, 4) is 0 Å². The highest BCUT2D eigenvalue weighted by atomic mass is 16.4. The summed E-state index contributed by atoms with van der Waals surface area (Å²) in [6, 6.07) is -4.98. The average Bonchev–Trinajstić information content (AvgIpc) is 2.59. The van der Waals surface area contributed by atoms with Gasteiger partial charge in [-0.15, -0.1) is 0 Å². The number of carboxylic acid groups (broad SMARTS) is 1. The number of carbonyl (C=O) groups is 4. The molecule has 0 radical (unpaired) electrons. The van der Waals surface area contributed by atoms with Gasteiger partial charge in [0.2, 0.25) is 17.7 Å². The van der Waals surface area contributed by atoms with E-state index in [2.05, 4.69) is 16.0 Å². The normalized spacial score (nSPS) is 16.5. The third kappa shape index (κ3) is 9.20. The molecular formula is C18H34N4O7. The summed E-state index contributed by atoms with van der Waals surface area (Å²) in [6.45, 7) is 7.40. The number of hydrogen-bond acceptors (Lipinski definition) is 7. The van der Waals surface area contributed by atoms with Gasteiger partial charge in [-0.2, -0.15) is 0 Å². The molecule has 0 aliphatic carbocycles. The van der Waals surface area contributed by atoms with Crippen LogP contribution in [0.25, 0.3) is 0 Å². The summed E-state index contributed by atoms with van der Waals surface area (Å²) in [5, 5.41) is 35.2. The third-order valence-electron chi connectivity index (χ3n) is 4.17. The van der Waals surface area contributed by atoms with Crippen LogP contribution < -0.4 is 21.7 Å². The molecule has 11 heteroatoms. The van der Waals surface area contributed by atoms with Crippen LogP contribution >= 0.6 is 0 Å². The maximum Gasteiger partial charge on any atom is 0.326 e. The van der Waals surface area contributed by atoms with Crippen LogP contribution in [-0.2, 0) is 19.2 Å². The van der Waals surface area contributed by atoms with E-state index >= 15 is 0 Å². The zero-order valence-corrected chi connectivity index (χ0v) is 17.5. The van der Waals surface area contributed by atoms with E-state index in [0.717, 1.165) is 0 Å². The van der Waals surface area contributed by atoms with Gasteiger partial charge in [0.1, 0.15) is 18.1 Å². The van der Waals surface area contributed by atoms with Gasteiger partial charge in [-0.3, -0.25) is 14.4 Å². The first-order valence-corrected chi connectivity index (χ1v) is 9.50. The smallest absolute Gasteiger partial charge is 0.326 e. The van der Waals surface area contributed by atoms with Crippen LogP contribution in [0.1, 0.15) is 41.0 Å². The Balaban J connectivity index is 5.16. The SMILES string of the molecule is CC(C)CC(N)C(=O)NC(CO)C(=O)NC(C(=O)NC(C(=O)O)C(C)C)C(C)O. The second kappa shape index (κ2) is 12.3. The number of hydrogen-bond donors (Lipinski definition) is 7. The molecule has 0 saturated carbocycles. The van der Waals surface area contributed by atoms with E-state index in [1.807, 2.05) is 13.8 Å². The molecule has 0 aromatic heterocycles. The van der Waals surface area contributed by atoms with Crippen molar-refractivity contribution in [1.29, 1.82) is 0 Å². The van der Waals surface area contributed by atoms with Crippen molar-refractivity contribution in [2.24, 2.45) is 17.6 Å². The van der Waals surface area contributed by atoms with Gasteiger partial charge in [0.15, 0.2) is 0 Å². The minimum absolute atomic E-state index is 0.142. The fraction of sp³-hybridized carbons (Fsp3) is 0.778. The summed E-state index contributed by atoms with van der Waals surface area (Å²) in [7, 11) is 0. The third-order valence-corrected chi connectivity index (χ3v) is 4.17. The summed E-state index contributed by atoms with van der Waals surface area (Å²) in [5.41, 5.74) is 5.75. The Kier molecular flexibility index (Phi) is 11.4. The Morgan fingerprint density at radius 1 is 0.862 bits per heavy atom. The fourth-order valence-electron chi connectivity index (χ4n) is 2.50. The van der Waals surface area contributed by atoms with Crippen LogP contribution in [0.3, 0.4) is 0 Å². The zero-order valence-electron chi connectivity index (χ0n) is 17.5. The molecule has 29 heavy (non-hydrogen) atoms. The lowest BCUT2D eigenvalue weighted by Gasteiger charge is -2.26. The number of rotatable bonds is 12. The number of aliphatic hydroxyl groups is 2. The van der Waals surface area contributed by atoms with Gasteiger partial charge in [0, 0.05) is 0 Å². The molecule has 3 amide bonds. The van der Waals surface area contributed by atoms with Gasteiger partial charge < -0.3 is 37.0 Å². The molecule has 8 N–H and O–H groups in total. The molecule has 0 aliphatic heterocycles. The van der Waals surface area contributed by atoms with Crippen LogP contribution in [0.2, 0.25) is 0 Å². The first kappa shape index (κ1) is 26.8. The quantitative estimate of drug-likeness (QED) is 0.188. The number of aliphatic hydroxyl groups excluding tert-OH is 2. The van der Waals surface area contributed by atoms with Crippen molar-refractivity contribution in [1.82, 2.24) is 16.0 Å². The standard InChI is InChI=1S/C18H34N4O7/c1-8(2)6-11(19)15(25)20-12(7-23)16(26)22-14(10(5)24)17(27)21-13(9(3)4)18(28)29/h8-14,23-24H,6-7,19H2,1-5H3,(H,20,25)(H,21,27)(H,22,26)(H,28,29). The van der Waals surface area contributed by atoms with Crippen LogP contribution in [0.5, 0.6) is 0 Å². The Morgan fingerprint density at radius 2 is 1.38 bits per heavy atom. The molecule has 5 unspecified atom stereocenters. The summed E-state index contributed by atoms with van der Waals surface area (Å²) in [4.78, 5) is 48.1. The topological polar surface area (TPSA) is 191 Å². The molecular weight excluding hydrogens is 384 g/mol. The zero-order chi connectivity index (χ0) is 22.9. The lowest BCUT2D eigenvalue weighted by Crippen LogP contribution is -2.61. The average molecular weight is 418 g/mol. The van der Waals surface area contributed by atoms with E-state index < -0.39 is 66.5 Å². The minimum atomic E-state index is -1.49. The monoisotopic (exact) mass is 418 g/mol. The number of amides is 3. The van der Waals surface area contributed by atoms with Gasteiger partial charge in [-0.1, -0.05) is 27.7 Å². The lowest BCUT2D eigenvalue weighted by molar-refractivity contribution is -0.144. The van der Waals surface area contributed by atoms with Crippen molar-refractivity contribution < 1.29 is 34.5 Å². The number of nitrogens with one attached hydrogen (secondary N) is 3. The molecule has 0 rings (SSSR count). The largest absolute Gasteiger partial charge is 0.480 e. The van der Waals surface area contributed by atoms with E-state index in [1.165, 1.54) is 6.92 Å². The number of aliphatic carboxylic acids is 1. The van der Waals surface area contributed by atoms with Crippen molar-refractivity contribution in [3.63, 3.8) is 0 Å². The van der Waals surface area contributed by atoms with Gasteiger partial charge in [-0.05, 0) is 25.2 Å². The minimum Gasteiger partial charge on any atom is -0.480 e. The maximum atomic E-state index is 12.4. The van der Waals surface area contributed by atoms with Crippen molar-refractivity contribution in [2.45, 2.75) is 71.3 Å². The van der Waals surface area contributed by atoms with Gasteiger partial charge >= 0.3 is 5.97 Å². The second-order valence-electron chi connectivity index (χ2n) is 7.78. The lowest BCUT2D eigenvalue weighted by atomic mass is 10.0. The molecule has 0 heterocycles. The Morgan fingerprint density at radius 3 is 1.76 bits per heavy atom. The van der Waals surface area contributed by atoms with E-state index in [4.69, 9.17) is 5.73 Å². The van der Waals surface area contributed by atoms with Gasteiger partial charge in [-0.25, -0.2) is 4.79 Å². The van der Waals surface area contributed by atoms with E-state index in [0.29, 0.717) is 6.42 Å². The molecule has 0 spiro atoms. The molecule has 0 fully saturated rings. The molecule has 0 aliphatic rings. The Hall–Kier alpha value is -2.24. The highest BCUT2D eigenvalue weighted by Gasteiger charge is 2.33. The van der Waals surface area contributed by atoms with Crippen molar-refractivity contribution >= 4 is 23.7 Å². The van der Waals surface area contributed by atoms with Gasteiger partial charge in [0.25, 0.3) is 0 Å². The first-order valence-electron chi connectivity index (χ1n) is 9.50. The Bertz CT molecular complexity index is 581. The molecule has 0 aromatic carbocycles. The van der Waals surface area contributed by atoms with Crippen LogP contribution in [0.15, 0.2) is 0 Å². The van der Waals surface area contributed by atoms with Gasteiger partial charge in [0.05, 0.1) is 18.8 Å². The molecule has 11 nitrogen and oxygen atoms in total. The van der Waals surface area contributed by atoms with E-state index in [1.54, 1.807) is 13.8 Å². The Labute approximate surface area is 170 Å². The number of nitrogens with two attached hydrogens (primary N) is 1. The summed E-state index contributed by atoms with van der Waals surface area (Å²) in [6.07, 6.45) is -0.991. The molecule has 0 aromatic rings. The summed E-state index contributed by atoms with van der Waals surface area (Å²) >= 11 is 0. The van der Waals surface area contributed by atoms with Crippen molar-refractivity contribution in [2.75, 3.05) is 6.61 Å². The predicted molar refractivity (Wildman–Crippen MR) is 104 cm³/mol. The summed E-state index contributed by atoms with van der Waals surface area (Å²) in [5.74, 6) is -4.03. The highest BCUT2D eigenvalue weighted by molar-refractivity contribution is 5.94.